The molecule has 3 rings (SSSR count). The van der Waals surface area contributed by atoms with Gasteiger partial charge in [-0.15, -0.1) is 0 Å². The standard InChI is InChI=1S/C19H19N3O/c1-14-5-6-15(2)18(13-14)21-19(23)20-16-7-9-17(10-8-16)22-11-3-4-12-22/h3-13H,1-2H3,(H2,20,21,23). The van der Waals surface area contributed by atoms with E-state index >= 15 is 0 Å². The highest BCUT2D eigenvalue weighted by Gasteiger charge is 2.05. The quantitative estimate of drug-likeness (QED) is 0.721. The van der Waals surface area contributed by atoms with Crippen molar-refractivity contribution in [1.29, 1.82) is 0 Å². The number of carbonyl (C=O) groups is 1. The van der Waals surface area contributed by atoms with Crippen molar-refractivity contribution < 1.29 is 4.79 Å². The van der Waals surface area contributed by atoms with E-state index < -0.39 is 0 Å². The molecule has 4 nitrogen and oxygen atoms in total. The van der Waals surface area contributed by atoms with Gasteiger partial charge in [0.2, 0.25) is 0 Å². The fraction of sp³-hybridized carbons (Fsp3) is 0.105. The molecule has 0 unspecified atom stereocenters. The summed E-state index contributed by atoms with van der Waals surface area (Å²) in [6.07, 6.45) is 3.96. The van der Waals surface area contributed by atoms with Gasteiger partial charge in [0, 0.05) is 29.5 Å². The Bertz CT molecular complexity index is 805. The average Bonchev–Trinajstić information content (AvgIpc) is 3.06. The zero-order chi connectivity index (χ0) is 16.2. The summed E-state index contributed by atoms with van der Waals surface area (Å²) in [4.78, 5) is 12.1. The van der Waals surface area contributed by atoms with Crippen LogP contribution >= 0.6 is 0 Å². The highest BCUT2D eigenvalue weighted by Crippen LogP contribution is 2.18. The second kappa shape index (κ2) is 6.40. The third-order valence-electron chi connectivity index (χ3n) is 3.67. The van der Waals surface area contributed by atoms with E-state index in [4.69, 9.17) is 0 Å². The Balaban J connectivity index is 1.67. The molecule has 116 valence electrons. The summed E-state index contributed by atoms with van der Waals surface area (Å²) in [6.45, 7) is 3.98. The lowest BCUT2D eigenvalue weighted by Gasteiger charge is -2.11. The first-order chi connectivity index (χ1) is 11.1. The minimum Gasteiger partial charge on any atom is -0.324 e. The average molecular weight is 305 g/mol. The summed E-state index contributed by atoms with van der Waals surface area (Å²) in [5.74, 6) is 0. The highest BCUT2D eigenvalue weighted by atomic mass is 16.2. The van der Waals surface area contributed by atoms with Crippen LogP contribution in [0.4, 0.5) is 16.2 Å². The number of urea groups is 1. The molecular weight excluding hydrogens is 286 g/mol. The van der Waals surface area contributed by atoms with Gasteiger partial charge in [0.15, 0.2) is 0 Å². The first-order valence-electron chi connectivity index (χ1n) is 7.50. The molecule has 0 aliphatic rings. The largest absolute Gasteiger partial charge is 0.324 e. The SMILES string of the molecule is Cc1ccc(C)c(NC(=O)Nc2ccc(-n3cccc3)cc2)c1. The van der Waals surface area contributed by atoms with Crippen LogP contribution in [0, 0.1) is 13.8 Å². The van der Waals surface area contributed by atoms with Gasteiger partial charge in [-0.25, -0.2) is 4.79 Å². The second-order valence-corrected chi connectivity index (χ2v) is 5.53. The molecule has 2 N–H and O–H groups in total. The normalized spacial score (nSPS) is 10.3. The molecule has 4 heteroatoms. The van der Waals surface area contributed by atoms with Gasteiger partial charge in [-0.1, -0.05) is 12.1 Å². The number of carbonyl (C=O) groups excluding carboxylic acids is 1. The lowest BCUT2D eigenvalue weighted by atomic mass is 10.1. The van der Waals surface area contributed by atoms with Gasteiger partial charge in [-0.05, 0) is 67.4 Å². The summed E-state index contributed by atoms with van der Waals surface area (Å²) in [5.41, 5.74) is 4.78. The third-order valence-corrected chi connectivity index (χ3v) is 3.67. The van der Waals surface area contributed by atoms with E-state index in [0.717, 1.165) is 28.2 Å². The maximum atomic E-state index is 12.1. The topological polar surface area (TPSA) is 46.1 Å². The number of anilines is 2. The molecule has 23 heavy (non-hydrogen) atoms. The van der Waals surface area contributed by atoms with Crippen LogP contribution in [0.2, 0.25) is 0 Å². The van der Waals surface area contributed by atoms with Crippen molar-refractivity contribution in [2.75, 3.05) is 10.6 Å². The van der Waals surface area contributed by atoms with Crippen molar-refractivity contribution in [3.63, 3.8) is 0 Å². The molecule has 1 heterocycles. The Morgan fingerprint density at radius 1 is 0.913 bits per heavy atom. The predicted octanol–water partition coefficient (Wildman–Crippen LogP) is 4.74. The van der Waals surface area contributed by atoms with E-state index in [2.05, 4.69) is 10.6 Å². The molecule has 3 aromatic rings. The predicted molar refractivity (Wildman–Crippen MR) is 94.3 cm³/mol. The van der Waals surface area contributed by atoms with Gasteiger partial charge in [-0.2, -0.15) is 0 Å². The molecule has 0 saturated heterocycles. The van der Waals surface area contributed by atoms with Gasteiger partial charge in [0.1, 0.15) is 0 Å². The number of nitrogens with zero attached hydrogens (tertiary/aromatic N) is 1. The van der Waals surface area contributed by atoms with Crippen LogP contribution in [0.3, 0.4) is 0 Å². The van der Waals surface area contributed by atoms with Gasteiger partial charge in [0.25, 0.3) is 0 Å². The van der Waals surface area contributed by atoms with Crippen molar-refractivity contribution in [2.24, 2.45) is 0 Å². The Morgan fingerprint density at radius 3 is 2.30 bits per heavy atom. The molecule has 0 saturated carbocycles. The van der Waals surface area contributed by atoms with Crippen LogP contribution < -0.4 is 10.6 Å². The molecule has 0 fully saturated rings. The fourth-order valence-corrected chi connectivity index (χ4v) is 2.38. The van der Waals surface area contributed by atoms with Gasteiger partial charge < -0.3 is 15.2 Å². The molecule has 0 bridgehead atoms. The Hall–Kier alpha value is -3.01. The van der Waals surface area contributed by atoms with Crippen LogP contribution in [-0.4, -0.2) is 10.6 Å². The molecule has 1 aromatic heterocycles. The number of hydrogen-bond donors (Lipinski definition) is 2. The maximum absolute atomic E-state index is 12.1. The first-order valence-corrected chi connectivity index (χ1v) is 7.50. The van der Waals surface area contributed by atoms with Crippen LogP contribution in [-0.2, 0) is 0 Å². The summed E-state index contributed by atoms with van der Waals surface area (Å²) < 4.78 is 2.01. The smallest absolute Gasteiger partial charge is 0.323 e. The molecule has 2 amide bonds. The van der Waals surface area contributed by atoms with Crippen molar-refractivity contribution in [3.05, 3.63) is 78.1 Å². The van der Waals surface area contributed by atoms with Crippen molar-refractivity contribution in [2.45, 2.75) is 13.8 Å². The summed E-state index contributed by atoms with van der Waals surface area (Å²) in [6, 6.07) is 17.4. The number of hydrogen-bond acceptors (Lipinski definition) is 1. The summed E-state index contributed by atoms with van der Waals surface area (Å²) >= 11 is 0. The van der Waals surface area contributed by atoms with E-state index in [-0.39, 0.29) is 6.03 Å². The first kappa shape index (κ1) is 14.9. The minimum absolute atomic E-state index is 0.243. The van der Waals surface area contributed by atoms with E-state index in [9.17, 15) is 4.79 Å². The van der Waals surface area contributed by atoms with Crippen LogP contribution in [0.5, 0.6) is 0 Å². The summed E-state index contributed by atoms with van der Waals surface area (Å²) in [5, 5.41) is 5.74. The monoisotopic (exact) mass is 305 g/mol. The molecule has 0 atom stereocenters. The number of aryl methyl sites for hydroxylation is 2. The maximum Gasteiger partial charge on any atom is 0.323 e. The van der Waals surface area contributed by atoms with Crippen LogP contribution in [0.1, 0.15) is 11.1 Å². The molecule has 0 radical (unpaired) electrons. The zero-order valence-corrected chi connectivity index (χ0v) is 13.2. The second-order valence-electron chi connectivity index (χ2n) is 5.53. The molecule has 2 aromatic carbocycles. The van der Waals surface area contributed by atoms with E-state index in [1.54, 1.807) is 0 Å². The van der Waals surface area contributed by atoms with E-state index in [0.29, 0.717) is 0 Å². The Kier molecular flexibility index (Phi) is 4.15. The van der Waals surface area contributed by atoms with Gasteiger partial charge in [0.05, 0.1) is 0 Å². The third kappa shape index (κ3) is 3.61. The molecule has 0 aliphatic carbocycles. The van der Waals surface area contributed by atoms with Crippen LogP contribution in [0.25, 0.3) is 5.69 Å². The number of nitrogens with one attached hydrogen (secondary N) is 2. The Labute approximate surface area is 135 Å². The number of aromatic nitrogens is 1. The van der Waals surface area contributed by atoms with E-state index in [1.807, 2.05) is 85.4 Å². The lowest BCUT2D eigenvalue weighted by molar-refractivity contribution is 0.262. The lowest BCUT2D eigenvalue weighted by Crippen LogP contribution is -2.20. The zero-order valence-electron chi connectivity index (χ0n) is 13.2. The van der Waals surface area contributed by atoms with Crippen LogP contribution in [0.15, 0.2) is 67.0 Å². The number of rotatable bonds is 3. The highest BCUT2D eigenvalue weighted by molar-refractivity contribution is 6.00. The van der Waals surface area contributed by atoms with Gasteiger partial charge >= 0.3 is 6.03 Å². The van der Waals surface area contributed by atoms with Gasteiger partial charge in [-0.3, -0.25) is 0 Å². The molecular formula is C19H19N3O. The molecule has 0 aliphatic heterocycles. The van der Waals surface area contributed by atoms with Crippen molar-refractivity contribution in [3.8, 4) is 5.69 Å². The number of benzene rings is 2. The van der Waals surface area contributed by atoms with E-state index in [1.165, 1.54) is 0 Å². The van der Waals surface area contributed by atoms with Crippen molar-refractivity contribution >= 4 is 17.4 Å². The number of amides is 2. The van der Waals surface area contributed by atoms with Crippen molar-refractivity contribution in [1.82, 2.24) is 4.57 Å². The fourth-order valence-electron chi connectivity index (χ4n) is 2.38. The molecule has 0 spiro atoms. The Morgan fingerprint density at radius 2 is 1.61 bits per heavy atom. The summed E-state index contributed by atoms with van der Waals surface area (Å²) in [7, 11) is 0. The minimum atomic E-state index is -0.243.